The largest absolute Gasteiger partial charge is 0.296 e. The summed E-state index contributed by atoms with van der Waals surface area (Å²) < 4.78 is 27.6. The van der Waals surface area contributed by atoms with Crippen molar-refractivity contribution in [3.63, 3.8) is 0 Å². The molecule has 2 N–H and O–H groups in total. The van der Waals surface area contributed by atoms with Crippen LogP contribution in [-0.4, -0.2) is 30.1 Å². The van der Waals surface area contributed by atoms with Crippen molar-refractivity contribution in [2.45, 2.75) is 51.5 Å². The SMILES string of the molecule is CC(C)Cc1nnc(NC(=O)c2ccc(Cl)c(S(=O)(=O)NC(C)(C)C)c2)s1. The number of hydrogen-bond donors (Lipinski definition) is 2. The lowest BCUT2D eigenvalue weighted by atomic mass is 10.1. The van der Waals surface area contributed by atoms with Crippen molar-refractivity contribution >= 4 is 44.0 Å². The van der Waals surface area contributed by atoms with Crippen LogP contribution in [0.4, 0.5) is 5.13 Å². The van der Waals surface area contributed by atoms with E-state index in [1.54, 1.807) is 20.8 Å². The molecule has 1 heterocycles. The Morgan fingerprint density at radius 3 is 2.52 bits per heavy atom. The van der Waals surface area contributed by atoms with Gasteiger partial charge in [-0.2, -0.15) is 0 Å². The van der Waals surface area contributed by atoms with Crippen molar-refractivity contribution in [2.24, 2.45) is 5.92 Å². The standard InChI is InChI=1S/C17H23ClN4O3S2/c1-10(2)8-14-20-21-16(26-14)19-15(23)11-6-7-12(18)13(9-11)27(24,25)22-17(3,4)5/h6-7,9-10,22H,8H2,1-5H3,(H,19,21,23). The minimum Gasteiger partial charge on any atom is -0.296 e. The average molecular weight is 431 g/mol. The fraction of sp³-hybridized carbons (Fsp3) is 0.471. The zero-order valence-electron chi connectivity index (χ0n) is 15.8. The van der Waals surface area contributed by atoms with E-state index in [4.69, 9.17) is 11.6 Å². The van der Waals surface area contributed by atoms with E-state index in [1.807, 2.05) is 0 Å². The molecule has 1 amide bonds. The second-order valence-electron chi connectivity index (χ2n) is 7.55. The lowest BCUT2D eigenvalue weighted by Gasteiger charge is -2.21. The highest BCUT2D eigenvalue weighted by Crippen LogP contribution is 2.25. The van der Waals surface area contributed by atoms with Gasteiger partial charge in [0.15, 0.2) is 0 Å². The Morgan fingerprint density at radius 1 is 1.26 bits per heavy atom. The summed E-state index contributed by atoms with van der Waals surface area (Å²) in [6.45, 7) is 9.31. The first-order valence-corrected chi connectivity index (χ1v) is 11.0. The average Bonchev–Trinajstić information content (AvgIpc) is 2.91. The van der Waals surface area contributed by atoms with Gasteiger partial charge in [-0.05, 0) is 44.9 Å². The Morgan fingerprint density at radius 2 is 1.93 bits per heavy atom. The summed E-state index contributed by atoms with van der Waals surface area (Å²) >= 11 is 7.35. The van der Waals surface area contributed by atoms with Gasteiger partial charge in [0.1, 0.15) is 9.90 Å². The molecular formula is C17H23ClN4O3S2. The molecule has 0 bridgehead atoms. The van der Waals surface area contributed by atoms with Gasteiger partial charge in [-0.3, -0.25) is 10.1 Å². The molecule has 10 heteroatoms. The van der Waals surface area contributed by atoms with Crippen LogP contribution in [0.2, 0.25) is 5.02 Å². The van der Waals surface area contributed by atoms with Crippen LogP contribution < -0.4 is 10.0 Å². The summed E-state index contributed by atoms with van der Waals surface area (Å²) in [4.78, 5) is 12.3. The maximum Gasteiger partial charge on any atom is 0.257 e. The highest BCUT2D eigenvalue weighted by Gasteiger charge is 2.25. The number of halogens is 1. The summed E-state index contributed by atoms with van der Waals surface area (Å²) in [7, 11) is -3.87. The number of nitrogens with one attached hydrogen (secondary N) is 2. The number of aromatic nitrogens is 2. The number of anilines is 1. The number of sulfonamides is 1. The lowest BCUT2D eigenvalue weighted by molar-refractivity contribution is 0.102. The van der Waals surface area contributed by atoms with Crippen LogP contribution in [0.3, 0.4) is 0 Å². The summed E-state index contributed by atoms with van der Waals surface area (Å²) in [6, 6.07) is 4.10. The van der Waals surface area contributed by atoms with E-state index in [2.05, 4.69) is 34.1 Å². The van der Waals surface area contributed by atoms with E-state index in [0.29, 0.717) is 11.0 Å². The number of benzene rings is 1. The van der Waals surface area contributed by atoms with E-state index in [9.17, 15) is 13.2 Å². The Kier molecular flexibility index (Phi) is 6.62. The quantitative estimate of drug-likeness (QED) is 0.727. The Labute approximate surface area is 168 Å². The van der Waals surface area contributed by atoms with Crippen LogP contribution >= 0.6 is 22.9 Å². The zero-order valence-corrected chi connectivity index (χ0v) is 18.2. The molecule has 0 spiro atoms. The van der Waals surface area contributed by atoms with Gasteiger partial charge in [-0.25, -0.2) is 13.1 Å². The highest BCUT2D eigenvalue weighted by atomic mass is 35.5. The predicted octanol–water partition coefficient (Wildman–Crippen LogP) is 3.72. The van der Waals surface area contributed by atoms with Crippen LogP contribution in [-0.2, 0) is 16.4 Å². The molecule has 0 aliphatic rings. The van der Waals surface area contributed by atoms with Gasteiger partial charge in [-0.15, -0.1) is 10.2 Å². The highest BCUT2D eigenvalue weighted by molar-refractivity contribution is 7.89. The fourth-order valence-electron chi connectivity index (χ4n) is 2.21. The molecule has 0 aliphatic carbocycles. The predicted molar refractivity (Wildman–Crippen MR) is 108 cm³/mol. The van der Waals surface area contributed by atoms with Gasteiger partial charge in [0.05, 0.1) is 5.02 Å². The maximum absolute atomic E-state index is 12.6. The number of nitrogens with zero attached hydrogens (tertiary/aromatic N) is 2. The first kappa shape index (κ1) is 21.7. The van der Waals surface area contributed by atoms with E-state index < -0.39 is 21.5 Å². The van der Waals surface area contributed by atoms with Crippen LogP contribution in [0.25, 0.3) is 0 Å². The van der Waals surface area contributed by atoms with Crippen molar-refractivity contribution in [2.75, 3.05) is 5.32 Å². The molecule has 27 heavy (non-hydrogen) atoms. The molecule has 0 radical (unpaired) electrons. The van der Waals surface area contributed by atoms with Crippen molar-refractivity contribution in [3.8, 4) is 0 Å². The number of rotatable bonds is 6. The smallest absolute Gasteiger partial charge is 0.257 e. The number of carbonyl (C=O) groups is 1. The van der Waals surface area contributed by atoms with Crippen molar-refractivity contribution < 1.29 is 13.2 Å². The second kappa shape index (κ2) is 8.22. The first-order valence-electron chi connectivity index (χ1n) is 8.34. The minimum atomic E-state index is -3.87. The summed E-state index contributed by atoms with van der Waals surface area (Å²) in [5.41, 5.74) is -0.519. The Balaban J connectivity index is 2.24. The molecular weight excluding hydrogens is 408 g/mol. The molecule has 0 fully saturated rings. The zero-order chi connectivity index (χ0) is 20.4. The minimum absolute atomic E-state index is 0.0402. The molecule has 1 aromatic heterocycles. The van der Waals surface area contributed by atoms with Gasteiger partial charge < -0.3 is 0 Å². The number of carbonyl (C=O) groups excluding carboxylic acids is 1. The van der Waals surface area contributed by atoms with Crippen molar-refractivity contribution in [1.82, 2.24) is 14.9 Å². The Bertz CT molecular complexity index is 934. The van der Waals surface area contributed by atoms with E-state index in [0.717, 1.165) is 11.4 Å². The molecule has 0 saturated carbocycles. The maximum atomic E-state index is 12.6. The van der Waals surface area contributed by atoms with Crippen molar-refractivity contribution in [1.29, 1.82) is 0 Å². The molecule has 148 valence electrons. The molecule has 2 rings (SSSR count). The summed E-state index contributed by atoms with van der Waals surface area (Å²) in [6.07, 6.45) is 0.773. The van der Waals surface area contributed by atoms with Gasteiger partial charge in [0, 0.05) is 17.5 Å². The van der Waals surface area contributed by atoms with Crippen LogP contribution in [0.1, 0.15) is 50.0 Å². The molecule has 2 aromatic rings. The molecule has 0 unspecified atom stereocenters. The number of amides is 1. The van der Waals surface area contributed by atoms with Crippen LogP contribution in [0.15, 0.2) is 23.1 Å². The third kappa shape index (κ3) is 6.24. The molecule has 1 aromatic carbocycles. The third-order valence-electron chi connectivity index (χ3n) is 3.19. The fourth-order valence-corrected chi connectivity index (χ4v) is 5.11. The number of hydrogen-bond acceptors (Lipinski definition) is 6. The van der Waals surface area contributed by atoms with E-state index >= 15 is 0 Å². The Hall–Kier alpha value is -1.55. The van der Waals surface area contributed by atoms with Gasteiger partial charge >= 0.3 is 0 Å². The van der Waals surface area contributed by atoms with Crippen LogP contribution in [0.5, 0.6) is 0 Å². The van der Waals surface area contributed by atoms with Crippen LogP contribution in [0, 0.1) is 5.92 Å². The molecule has 0 aliphatic heterocycles. The monoisotopic (exact) mass is 430 g/mol. The molecule has 0 atom stereocenters. The van der Waals surface area contributed by atoms with Gasteiger partial charge in [-0.1, -0.05) is 36.8 Å². The van der Waals surface area contributed by atoms with Gasteiger partial charge in [0.25, 0.3) is 5.91 Å². The van der Waals surface area contributed by atoms with E-state index in [-0.39, 0.29) is 15.5 Å². The third-order valence-corrected chi connectivity index (χ3v) is 6.29. The van der Waals surface area contributed by atoms with Gasteiger partial charge in [0.2, 0.25) is 15.2 Å². The normalized spacial score (nSPS) is 12.4. The summed E-state index contributed by atoms with van der Waals surface area (Å²) in [5.74, 6) is -0.0491. The summed E-state index contributed by atoms with van der Waals surface area (Å²) in [5, 5.41) is 11.9. The topological polar surface area (TPSA) is 101 Å². The molecule has 0 saturated heterocycles. The molecule has 7 nitrogen and oxygen atoms in total. The second-order valence-corrected chi connectivity index (χ2v) is 10.7. The van der Waals surface area contributed by atoms with E-state index in [1.165, 1.54) is 29.5 Å². The lowest BCUT2D eigenvalue weighted by Crippen LogP contribution is -2.40. The van der Waals surface area contributed by atoms with Crippen molar-refractivity contribution in [3.05, 3.63) is 33.8 Å². The first-order chi connectivity index (χ1) is 12.4.